The maximum Gasteiger partial charge on any atom is 0.236 e. The van der Waals surface area contributed by atoms with E-state index in [9.17, 15) is 0 Å². The van der Waals surface area contributed by atoms with E-state index in [0.29, 0.717) is 12.5 Å². The van der Waals surface area contributed by atoms with Crippen LogP contribution in [-0.4, -0.2) is 23.5 Å². The first kappa shape index (κ1) is 12.2. The number of nitrogens with zero attached hydrogens (tertiary/aromatic N) is 2. The van der Waals surface area contributed by atoms with Crippen LogP contribution in [0.1, 0.15) is 26.5 Å². The first-order valence-electron chi connectivity index (χ1n) is 6.60. The summed E-state index contributed by atoms with van der Waals surface area (Å²) in [4.78, 5) is 9.16. The van der Waals surface area contributed by atoms with Crippen LogP contribution >= 0.6 is 0 Å². The van der Waals surface area contributed by atoms with Crippen molar-refractivity contribution >= 4 is 16.7 Å². The largest absolute Gasteiger partial charge is 0.474 e. The summed E-state index contributed by atoms with van der Waals surface area (Å²) >= 11 is 0. The van der Waals surface area contributed by atoms with E-state index in [0.717, 1.165) is 16.5 Å². The minimum absolute atomic E-state index is 0.117. The number of ether oxygens (including phenoxy) is 1. The number of hydrogen-bond donors (Lipinski definition) is 0. The molecule has 1 aromatic carbocycles. The van der Waals surface area contributed by atoms with E-state index in [1.807, 2.05) is 24.4 Å². The van der Waals surface area contributed by atoms with E-state index < -0.39 is 0 Å². The topological polar surface area (TPSA) is 34.5 Å². The number of aliphatic imine (C=N–C) groups is 1. The molecule has 0 saturated heterocycles. The molecule has 0 fully saturated rings. The summed E-state index contributed by atoms with van der Waals surface area (Å²) in [5, 5.41) is 2.26. The molecule has 1 atom stereocenters. The molecule has 19 heavy (non-hydrogen) atoms. The quantitative estimate of drug-likeness (QED) is 0.781. The Kier molecular flexibility index (Phi) is 2.77. The van der Waals surface area contributed by atoms with Gasteiger partial charge < -0.3 is 4.74 Å². The third-order valence-corrected chi connectivity index (χ3v) is 3.53. The number of benzene rings is 1. The van der Waals surface area contributed by atoms with E-state index in [4.69, 9.17) is 9.73 Å². The zero-order chi connectivity index (χ0) is 13.5. The van der Waals surface area contributed by atoms with Crippen molar-refractivity contribution < 1.29 is 4.74 Å². The number of hydrogen-bond acceptors (Lipinski definition) is 3. The highest BCUT2D eigenvalue weighted by Gasteiger charge is 2.31. The predicted octanol–water partition coefficient (Wildman–Crippen LogP) is 3.43. The lowest BCUT2D eigenvalue weighted by Gasteiger charge is -2.21. The summed E-state index contributed by atoms with van der Waals surface area (Å²) in [5.74, 6) is 0.678. The lowest BCUT2D eigenvalue weighted by atomic mass is 9.88. The molecule has 0 aliphatic carbocycles. The average Bonchev–Trinajstić information content (AvgIpc) is 2.87. The fraction of sp³-hybridized carbons (Fsp3) is 0.375. The second-order valence-corrected chi connectivity index (χ2v) is 6.01. The Morgan fingerprint density at radius 3 is 2.68 bits per heavy atom. The van der Waals surface area contributed by atoms with Gasteiger partial charge in [-0.1, -0.05) is 45.0 Å². The van der Waals surface area contributed by atoms with Crippen LogP contribution < -0.4 is 0 Å². The molecule has 0 radical (unpaired) electrons. The van der Waals surface area contributed by atoms with Crippen LogP contribution in [0.4, 0.5) is 0 Å². The Labute approximate surface area is 113 Å². The zero-order valence-electron chi connectivity index (χ0n) is 11.6. The van der Waals surface area contributed by atoms with E-state index in [1.54, 1.807) is 0 Å². The first-order chi connectivity index (χ1) is 9.05. The van der Waals surface area contributed by atoms with Gasteiger partial charge in [0.25, 0.3) is 0 Å². The zero-order valence-corrected chi connectivity index (χ0v) is 11.6. The molecule has 1 aliphatic rings. The Morgan fingerprint density at radius 1 is 1.16 bits per heavy atom. The van der Waals surface area contributed by atoms with Crippen molar-refractivity contribution in [3.05, 3.63) is 42.2 Å². The van der Waals surface area contributed by atoms with Crippen LogP contribution in [-0.2, 0) is 4.74 Å². The van der Waals surface area contributed by atoms with Gasteiger partial charge in [-0.25, -0.2) is 4.99 Å². The SMILES string of the molecule is CC(C)(C)[C@H]1COC(c2nccc3ccccc23)=N1. The van der Waals surface area contributed by atoms with Gasteiger partial charge in [0.05, 0.1) is 6.04 Å². The minimum atomic E-state index is 0.117. The van der Waals surface area contributed by atoms with Gasteiger partial charge in [-0.3, -0.25) is 4.98 Å². The average molecular weight is 254 g/mol. The molecule has 3 heteroatoms. The molecule has 0 unspecified atom stereocenters. The van der Waals surface area contributed by atoms with E-state index in [1.165, 1.54) is 0 Å². The lowest BCUT2D eigenvalue weighted by molar-refractivity contribution is 0.235. The van der Waals surface area contributed by atoms with Crippen molar-refractivity contribution in [3.63, 3.8) is 0 Å². The molecule has 2 heterocycles. The molecule has 3 nitrogen and oxygen atoms in total. The molecule has 0 spiro atoms. The van der Waals surface area contributed by atoms with Crippen LogP contribution in [0.2, 0.25) is 0 Å². The number of aromatic nitrogens is 1. The number of fused-ring (bicyclic) bond motifs is 1. The highest BCUT2D eigenvalue weighted by atomic mass is 16.5. The minimum Gasteiger partial charge on any atom is -0.474 e. The Morgan fingerprint density at radius 2 is 1.95 bits per heavy atom. The Balaban J connectivity index is 2.07. The van der Waals surface area contributed by atoms with Crippen molar-refractivity contribution in [1.82, 2.24) is 4.98 Å². The van der Waals surface area contributed by atoms with Crippen LogP contribution in [0.5, 0.6) is 0 Å². The van der Waals surface area contributed by atoms with Gasteiger partial charge in [-0.15, -0.1) is 0 Å². The van der Waals surface area contributed by atoms with Crippen molar-refractivity contribution in [2.45, 2.75) is 26.8 Å². The normalized spacial score (nSPS) is 19.3. The van der Waals surface area contributed by atoms with Crippen molar-refractivity contribution in [3.8, 4) is 0 Å². The Bertz CT molecular complexity index is 635. The highest BCUT2D eigenvalue weighted by Crippen LogP contribution is 2.28. The molecular weight excluding hydrogens is 236 g/mol. The van der Waals surface area contributed by atoms with Gasteiger partial charge in [0.15, 0.2) is 0 Å². The fourth-order valence-electron chi connectivity index (χ4n) is 2.24. The second-order valence-electron chi connectivity index (χ2n) is 6.01. The highest BCUT2D eigenvalue weighted by molar-refractivity contribution is 6.05. The molecule has 0 saturated carbocycles. The molecular formula is C16H18N2O. The molecule has 0 amide bonds. The molecule has 98 valence electrons. The number of pyridine rings is 1. The molecule has 2 aromatic rings. The van der Waals surface area contributed by atoms with Gasteiger partial charge in [0.1, 0.15) is 12.3 Å². The monoisotopic (exact) mass is 254 g/mol. The van der Waals surface area contributed by atoms with Crippen LogP contribution in [0.25, 0.3) is 10.8 Å². The maximum absolute atomic E-state index is 5.77. The lowest BCUT2D eigenvalue weighted by Crippen LogP contribution is -2.25. The van der Waals surface area contributed by atoms with Gasteiger partial charge >= 0.3 is 0 Å². The molecule has 1 aliphatic heterocycles. The van der Waals surface area contributed by atoms with Gasteiger partial charge in [0, 0.05) is 11.6 Å². The van der Waals surface area contributed by atoms with Gasteiger partial charge in [-0.2, -0.15) is 0 Å². The summed E-state index contributed by atoms with van der Waals surface area (Å²) < 4.78 is 5.77. The second kappa shape index (κ2) is 4.34. The smallest absolute Gasteiger partial charge is 0.236 e. The predicted molar refractivity (Wildman–Crippen MR) is 77.5 cm³/mol. The summed E-state index contributed by atoms with van der Waals surface area (Å²) in [5.41, 5.74) is 0.969. The van der Waals surface area contributed by atoms with E-state index in [2.05, 4.69) is 37.9 Å². The van der Waals surface area contributed by atoms with E-state index in [-0.39, 0.29) is 11.5 Å². The van der Waals surface area contributed by atoms with E-state index >= 15 is 0 Å². The summed E-state index contributed by atoms with van der Waals surface area (Å²) in [7, 11) is 0. The van der Waals surface area contributed by atoms with Crippen LogP contribution in [0, 0.1) is 5.41 Å². The van der Waals surface area contributed by atoms with Crippen molar-refractivity contribution in [2.75, 3.05) is 6.61 Å². The standard InChI is InChI=1S/C16H18N2O/c1-16(2,3)13-10-19-15(18-13)14-12-7-5-4-6-11(12)8-9-17-14/h4-9,13H,10H2,1-3H3/t13-/m1/s1. The van der Waals surface area contributed by atoms with Crippen LogP contribution in [0.15, 0.2) is 41.5 Å². The third-order valence-electron chi connectivity index (χ3n) is 3.53. The summed E-state index contributed by atoms with van der Waals surface area (Å²) in [6.07, 6.45) is 1.81. The van der Waals surface area contributed by atoms with Crippen LogP contribution in [0.3, 0.4) is 0 Å². The molecule has 0 N–H and O–H groups in total. The summed E-state index contributed by atoms with van der Waals surface area (Å²) in [6.45, 7) is 7.20. The van der Waals surface area contributed by atoms with Gasteiger partial charge in [0.2, 0.25) is 5.90 Å². The molecule has 1 aromatic heterocycles. The van der Waals surface area contributed by atoms with Crippen molar-refractivity contribution in [1.29, 1.82) is 0 Å². The third kappa shape index (κ3) is 2.21. The van der Waals surface area contributed by atoms with Gasteiger partial charge in [-0.05, 0) is 16.9 Å². The van der Waals surface area contributed by atoms with Crippen molar-refractivity contribution in [2.24, 2.45) is 10.4 Å². The fourth-order valence-corrected chi connectivity index (χ4v) is 2.24. The molecule has 3 rings (SSSR count). The first-order valence-corrected chi connectivity index (χ1v) is 6.60. The Hall–Kier alpha value is -1.90. The maximum atomic E-state index is 5.77. The number of rotatable bonds is 1. The summed E-state index contributed by atoms with van der Waals surface area (Å²) in [6, 6.07) is 10.4. The molecule has 0 bridgehead atoms.